The Balaban J connectivity index is 2.41. The number of rotatable bonds is 3. The Bertz CT molecular complexity index is 550. The summed E-state index contributed by atoms with van der Waals surface area (Å²) in [7, 11) is 0. The highest BCUT2D eigenvalue weighted by Crippen LogP contribution is 2.24. The van der Waals surface area contributed by atoms with Gasteiger partial charge in [0, 0.05) is 11.8 Å². The van der Waals surface area contributed by atoms with Crippen LogP contribution in [0.5, 0.6) is 5.75 Å². The summed E-state index contributed by atoms with van der Waals surface area (Å²) in [6, 6.07) is 7.98. The van der Waals surface area contributed by atoms with Crippen LogP contribution >= 0.6 is 0 Å². The van der Waals surface area contributed by atoms with Crippen LogP contribution in [-0.2, 0) is 0 Å². The van der Waals surface area contributed by atoms with E-state index >= 15 is 0 Å². The molecule has 0 saturated carbocycles. The fourth-order valence-corrected chi connectivity index (χ4v) is 1.80. The van der Waals surface area contributed by atoms with E-state index in [0.29, 0.717) is 0 Å². The Morgan fingerprint density at radius 3 is 2.67 bits per heavy atom. The third-order valence-electron chi connectivity index (χ3n) is 2.56. The highest BCUT2D eigenvalue weighted by Gasteiger charge is 2.07. The second-order valence-corrected chi connectivity index (χ2v) is 4.64. The second-order valence-electron chi connectivity index (χ2n) is 4.64. The van der Waals surface area contributed by atoms with Crippen molar-refractivity contribution in [1.29, 1.82) is 0 Å². The van der Waals surface area contributed by atoms with Gasteiger partial charge in [0.25, 0.3) is 0 Å². The molecule has 3 heteroatoms. The van der Waals surface area contributed by atoms with Gasteiger partial charge in [-0.25, -0.2) is 4.98 Å². The zero-order valence-electron chi connectivity index (χ0n) is 11.3. The van der Waals surface area contributed by atoms with Crippen LogP contribution in [0.2, 0.25) is 0 Å². The fourth-order valence-electron chi connectivity index (χ4n) is 1.80. The van der Waals surface area contributed by atoms with E-state index in [-0.39, 0.29) is 6.10 Å². The molecule has 0 spiro atoms. The van der Waals surface area contributed by atoms with E-state index in [1.165, 1.54) is 0 Å². The lowest BCUT2D eigenvalue weighted by atomic mass is 10.1. The van der Waals surface area contributed by atoms with Crippen LogP contribution in [0.3, 0.4) is 0 Å². The minimum Gasteiger partial charge on any atom is -0.491 e. The van der Waals surface area contributed by atoms with Gasteiger partial charge in [-0.05, 0) is 39.8 Å². The molecule has 0 saturated heterocycles. The molecule has 1 heterocycles. The van der Waals surface area contributed by atoms with Crippen molar-refractivity contribution >= 4 is 0 Å². The van der Waals surface area contributed by atoms with Crippen LogP contribution in [0, 0.1) is 13.8 Å². The van der Waals surface area contributed by atoms with Crippen LogP contribution in [0.15, 0.2) is 30.5 Å². The highest BCUT2D eigenvalue weighted by molar-refractivity contribution is 5.63. The summed E-state index contributed by atoms with van der Waals surface area (Å²) in [4.78, 5) is 8.89. The topological polar surface area (TPSA) is 35.0 Å². The van der Waals surface area contributed by atoms with Crippen LogP contribution in [-0.4, -0.2) is 16.1 Å². The standard InChI is InChI=1S/C15H18N2O/c1-10(2)18-14-7-5-6-13(8-14)15-12(4)16-9-11(3)17-15/h5-10H,1-4H3. The summed E-state index contributed by atoms with van der Waals surface area (Å²) < 4.78 is 5.70. The molecule has 0 fully saturated rings. The summed E-state index contributed by atoms with van der Waals surface area (Å²) in [5.41, 5.74) is 3.82. The Morgan fingerprint density at radius 1 is 1.17 bits per heavy atom. The van der Waals surface area contributed by atoms with Gasteiger partial charge in [0.1, 0.15) is 5.75 Å². The Hall–Kier alpha value is -1.90. The summed E-state index contributed by atoms with van der Waals surface area (Å²) in [6.07, 6.45) is 1.96. The largest absolute Gasteiger partial charge is 0.491 e. The molecule has 0 N–H and O–H groups in total. The quantitative estimate of drug-likeness (QED) is 0.825. The van der Waals surface area contributed by atoms with Gasteiger partial charge in [-0.15, -0.1) is 0 Å². The number of benzene rings is 1. The van der Waals surface area contributed by atoms with Crippen molar-refractivity contribution in [2.75, 3.05) is 0 Å². The molecule has 2 rings (SSSR count). The third kappa shape index (κ3) is 2.86. The lowest BCUT2D eigenvalue weighted by molar-refractivity contribution is 0.242. The van der Waals surface area contributed by atoms with Crippen LogP contribution in [0.1, 0.15) is 25.2 Å². The van der Waals surface area contributed by atoms with E-state index in [1.807, 2.05) is 52.0 Å². The molecule has 2 aromatic rings. The molecule has 0 amide bonds. The minimum absolute atomic E-state index is 0.171. The van der Waals surface area contributed by atoms with E-state index in [9.17, 15) is 0 Å². The first kappa shape index (κ1) is 12.6. The van der Waals surface area contributed by atoms with E-state index in [1.54, 1.807) is 6.20 Å². The molecule has 3 nitrogen and oxygen atoms in total. The summed E-state index contributed by atoms with van der Waals surface area (Å²) in [5, 5.41) is 0. The lowest BCUT2D eigenvalue weighted by Crippen LogP contribution is -2.05. The van der Waals surface area contributed by atoms with Gasteiger partial charge < -0.3 is 4.74 Å². The first-order chi connectivity index (χ1) is 8.56. The van der Waals surface area contributed by atoms with Crippen molar-refractivity contribution in [3.63, 3.8) is 0 Å². The molecule has 18 heavy (non-hydrogen) atoms. The lowest BCUT2D eigenvalue weighted by Gasteiger charge is -2.11. The molecule has 0 aliphatic carbocycles. The smallest absolute Gasteiger partial charge is 0.120 e. The zero-order valence-corrected chi connectivity index (χ0v) is 11.3. The Morgan fingerprint density at radius 2 is 1.94 bits per heavy atom. The summed E-state index contributed by atoms with van der Waals surface area (Å²) in [5.74, 6) is 0.866. The van der Waals surface area contributed by atoms with Crippen LogP contribution in [0.25, 0.3) is 11.3 Å². The van der Waals surface area contributed by atoms with E-state index < -0.39 is 0 Å². The molecule has 1 aromatic carbocycles. The molecule has 0 unspecified atom stereocenters. The van der Waals surface area contributed by atoms with Crippen LogP contribution < -0.4 is 4.74 Å². The van der Waals surface area contributed by atoms with Gasteiger partial charge in [0.05, 0.1) is 23.2 Å². The fraction of sp³-hybridized carbons (Fsp3) is 0.333. The van der Waals surface area contributed by atoms with Crippen molar-refractivity contribution in [3.05, 3.63) is 41.9 Å². The molecular weight excluding hydrogens is 224 g/mol. The Kier molecular flexibility index (Phi) is 3.60. The predicted octanol–water partition coefficient (Wildman–Crippen LogP) is 3.55. The number of ether oxygens (including phenoxy) is 1. The molecule has 0 radical (unpaired) electrons. The Labute approximate surface area is 108 Å². The number of nitrogens with zero attached hydrogens (tertiary/aromatic N) is 2. The molecule has 0 aliphatic rings. The number of aryl methyl sites for hydroxylation is 2. The number of aromatic nitrogens is 2. The van der Waals surface area contributed by atoms with E-state index in [0.717, 1.165) is 28.4 Å². The molecule has 1 aromatic heterocycles. The van der Waals surface area contributed by atoms with Gasteiger partial charge in [-0.1, -0.05) is 12.1 Å². The maximum Gasteiger partial charge on any atom is 0.120 e. The van der Waals surface area contributed by atoms with Gasteiger partial charge in [0.15, 0.2) is 0 Å². The maximum atomic E-state index is 5.70. The summed E-state index contributed by atoms with van der Waals surface area (Å²) >= 11 is 0. The second kappa shape index (κ2) is 5.17. The third-order valence-corrected chi connectivity index (χ3v) is 2.56. The SMILES string of the molecule is Cc1cnc(C)c(-c2cccc(OC(C)C)c2)n1. The average Bonchev–Trinajstić information content (AvgIpc) is 2.32. The predicted molar refractivity (Wildman–Crippen MR) is 72.7 cm³/mol. The van der Waals surface area contributed by atoms with Gasteiger partial charge in [-0.3, -0.25) is 4.98 Å². The normalized spacial score (nSPS) is 10.7. The van der Waals surface area contributed by atoms with Crippen molar-refractivity contribution < 1.29 is 4.74 Å². The van der Waals surface area contributed by atoms with Crippen molar-refractivity contribution in [2.45, 2.75) is 33.8 Å². The van der Waals surface area contributed by atoms with Crippen LogP contribution in [0.4, 0.5) is 0 Å². The first-order valence-electron chi connectivity index (χ1n) is 6.13. The van der Waals surface area contributed by atoms with E-state index in [4.69, 9.17) is 4.74 Å². The summed E-state index contributed by atoms with van der Waals surface area (Å²) in [6.45, 7) is 7.96. The minimum atomic E-state index is 0.171. The van der Waals surface area contributed by atoms with Crippen molar-refractivity contribution in [1.82, 2.24) is 9.97 Å². The maximum absolute atomic E-state index is 5.70. The van der Waals surface area contributed by atoms with Gasteiger partial charge in [-0.2, -0.15) is 0 Å². The number of hydrogen-bond donors (Lipinski definition) is 0. The van der Waals surface area contributed by atoms with Gasteiger partial charge in [0.2, 0.25) is 0 Å². The monoisotopic (exact) mass is 242 g/mol. The molecule has 0 atom stereocenters. The molecule has 0 bridgehead atoms. The highest BCUT2D eigenvalue weighted by atomic mass is 16.5. The number of hydrogen-bond acceptors (Lipinski definition) is 3. The van der Waals surface area contributed by atoms with E-state index in [2.05, 4.69) is 9.97 Å². The molecule has 0 aliphatic heterocycles. The van der Waals surface area contributed by atoms with Gasteiger partial charge >= 0.3 is 0 Å². The van der Waals surface area contributed by atoms with Crippen molar-refractivity contribution in [3.8, 4) is 17.0 Å². The average molecular weight is 242 g/mol. The molecular formula is C15H18N2O. The first-order valence-corrected chi connectivity index (χ1v) is 6.13. The zero-order chi connectivity index (χ0) is 13.1. The molecule has 94 valence electrons. The van der Waals surface area contributed by atoms with Crippen molar-refractivity contribution in [2.24, 2.45) is 0 Å².